The van der Waals surface area contributed by atoms with Crippen LogP contribution in [0, 0.1) is 6.92 Å². The molecule has 2 aromatic rings. The number of piperazine rings is 1. The smallest absolute Gasteiger partial charge is 0.260 e. The average molecular weight is 424 g/mol. The Kier molecular flexibility index (Phi) is 5.86. The molecule has 1 amide bonds. The van der Waals surface area contributed by atoms with Crippen molar-refractivity contribution in [1.82, 2.24) is 4.90 Å². The topological polar surface area (TPSA) is 32.8 Å². The standard InChI is InChI=1S/C19H20BrClN2O2/c1-14-2-5-16(21)12-18(14)22-8-10-23(11-9-22)19(24)13-25-17-6-3-15(20)4-7-17/h2-7,12H,8-11,13H2,1H3. The summed E-state index contributed by atoms with van der Waals surface area (Å²) < 4.78 is 6.56. The lowest BCUT2D eigenvalue weighted by Crippen LogP contribution is -2.50. The van der Waals surface area contributed by atoms with Crippen molar-refractivity contribution in [2.75, 3.05) is 37.7 Å². The predicted molar refractivity (Wildman–Crippen MR) is 105 cm³/mol. The van der Waals surface area contributed by atoms with Gasteiger partial charge >= 0.3 is 0 Å². The summed E-state index contributed by atoms with van der Waals surface area (Å²) in [7, 11) is 0. The molecule has 1 aliphatic rings. The molecule has 0 radical (unpaired) electrons. The summed E-state index contributed by atoms with van der Waals surface area (Å²) in [4.78, 5) is 16.5. The van der Waals surface area contributed by atoms with Gasteiger partial charge in [0.05, 0.1) is 0 Å². The van der Waals surface area contributed by atoms with E-state index < -0.39 is 0 Å². The van der Waals surface area contributed by atoms with E-state index in [1.54, 1.807) is 0 Å². The van der Waals surface area contributed by atoms with E-state index in [1.807, 2.05) is 47.4 Å². The zero-order valence-electron chi connectivity index (χ0n) is 14.0. The van der Waals surface area contributed by atoms with Crippen molar-refractivity contribution in [3.05, 3.63) is 57.5 Å². The van der Waals surface area contributed by atoms with Gasteiger partial charge in [0.25, 0.3) is 5.91 Å². The van der Waals surface area contributed by atoms with Crippen LogP contribution in [-0.4, -0.2) is 43.6 Å². The Morgan fingerprint density at radius 3 is 2.48 bits per heavy atom. The first kappa shape index (κ1) is 18.1. The maximum absolute atomic E-state index is 12.4. The minimum absolute atomic E-state index is 0.0189. The maximum Gasteiger partial charge on any atom is 0.260 e. The third-order valence-corrected chi connectivity index (χ3v) is 5.08. The number of benzene rings is 2. The predicted octanol–water partition coefficient (Wildman–Crippen LogP) is 4.14. The van der Waals surface area contributed by atoms with E-state index >= 15 is 0 Å². The van der Waals surface area contributed by atoms with E-state index in [2.05, 4.69) is 27.8 Å². The first-order chi connectivity index (χ1) is 12.0. The molecule has 25 heavy (non-hydrogen) atoms. The summed E-state index contributed by atoms with van der Waals surface area (Å²) >= 11 is 9.49. The van der Waals surface area contributed by atoms with Gasteiger partial charge in [-0.1, -0.05) is 33.6 Å². The lowest BCUT2D eigenvalue weighted by Gasteiger charge is -2.36. The summed E-state index contributed by atoms with van der Waals surface area (Å²) in [6, 6.07) is 13.4. The van der Waals surface area contributed by atoms with Gasteiger partial charge in [0, 0.05) is 41.4 Å². The molecular weight excluding hydrogens is 404 g/mol. The third-order valence-electron chi connectivity index (χ3n) is 4.32. The van der Waals surface area contributed by atoms with Gasteiger partial charge in [-0.2, -0.15) is 0 Å². The van der Waals surface area contributed by atoms with Crippen LogP contribution in [0.2, 0.25) is 5.02 Å². The van der Waals surface area contributed by atoms with E-state index in [0.29, 0.717) is 18.8 Å². The van der Waals surface area contributed by atoms with Crippen molar-refractivity contribution in [1.29, 1.82) is 0 Å². The van der Waals surface area contributed by atoms with Crippen molar-refractivity contribution in [2.45, 2.75) is 6.92 Å². The highest BCUT2D eigenvalue weighted by atomic mass is 79.9. The monoisotopic (exact) mass is 422 g/mol. The number of ether oxygens (including phenoxy) is 1. The number of anilines is 1. The molecule has 1 fully saturated rings. The fourth-order valence-electron chi connectivity index (χ4n) is 2.89. The van der Waals surface area contributed by atoms with Gasteiger partial charge in [0.2, 0.25) is 0 Å². The van der Waals surface area contributed by atoms with Crippen LogP contribution in [-0.2, 0) is 4.79 Å². The van der Waals surface area contributed by atoms with Crippen molar-refractivity contribution in [3.63, 3.8) is 0 Å². The molecule has 0 atom stereocenters. The molecule has 132 valence electrons. The molecular formula is C19H20BrClN2O2. The van der Waals surface area contributed by atoms with E-state index in [0.717, 1.165) is 28.3 Å². The number of hydrogen-bond donors (Lipinski definition) is 0. The molecule has 0 unspecified atom stereocenters. The van der Waals surface area contributed by atoms with E-state index in [-0.39, 0.29) is 12.5 Å². The number of halogens is 2. The van der Waals surface area contributed by atoms with Gasteiger partial charge in [0.15, 0.2) is 6.61 Å². The Bertz CT molecular complexity index is 744. The van der Waals surface area contributed by atoms with Crippen LogP contribution in [0.4, 0.5) is 5.69 Å². The summed E-state index contributed by atoms with van der Waals surface area (Å²) in [5, 5.41) is 0.738. The molecule has 1 heterocycles. The van der Waals surface area contributed by atoms with Crippen molar-refractivity contribution >= 4 is 39.1 Å². The summed E-state index contributed by atoms with van der Waals surface area (Å²) in [5.41, 5.74) is 2.34. The van der Waals surface area contributed by atoms with Crippen molar-refractivity contribution in [2.24, 2.45) is 0 Å². The molecule has 0 bridgehead atoms. The van der Waals surface area contributed by atoms with Crippen LogP contribution < -0.4 is 9.64 Å². The quantitative estimate of drug-likeness (QED) is 0.741. The normalized spacial score (nSPS) is 14.5. The second-order valence-corrected chi connectivity index (χ2v) is 7.39. The second kappa shape index (κ2) is 8.11. The van der Waals surface area contributed by atoms with Crippen LogP contribution in [0.15, 0.2) is 46.9 Å². The molecule has 0 N–H and O–H groups in total. The van der Waals surface area contributed by atoms with Gasteiger partial charge in [-0.05, 0) is 48.9 Å². The first-order valence-corrected chi connectivity index (χ1v) is 9.37. The highest BCUT2D eigenvalue weighted by molar-refractivity contribution is 9.10. The van der Waals surface area contributed by atoms with Gasteiger partial charge in [-0.25, -0.2) is 0 Å². The number of aryl methyl sites for hydroxylation is 1. The Hall–Kier alpha value is -1.72. The molecule has 1 aliphatic heterocycles. The molecule has 2 aromatic carbocycles. The molecule has 3 rings (SSSR count). The number of rotatable bonds is 4. The minimum Gasteiger partial charge on any atom is -0.484 e. The molecule has 0 aromatic heterocycles. The summed E-state index contributed by atoms with van der Waals surface area (Å²) in [6.07, 6.45) is 0. The van der Waals surface area contributed by atoms with Crippen molar-refractivity contribution < 1.29 is 9.53 Å². The van der Waals surface area contributed by atoms with Crippen LogP contribution >= 0.6 is 27.5 Å². The SMILES string of the molecule is Cc1ccc(Cl)cc1N1CCN(C(=O)COc2ccc(Br)cc2)CC1. The van der Waals surface area contributed by atoms with Gasteiger partial charge < -0.3 is 14.5 Å². The third kappa shape index (κ3) is 4.67. The lowest BCUT2D eigenvalue weighted by atomic mass is 10.1. The summed E-state index contributed by atoms with van der Waals surface area (Å²) in [5.74, 6) is 0.718. The van der Waals surface area contributed by atoms with Gasteiger partial charge in [-0.3, -0.25) is 4.79 Å². The highest BCUT2D eigenvalue weighted by Gasteiger charge is 2.22. The van der Waals surface area contributed by atoms with E-state index in [4.69, 9.17) is 16.3 Å². The molecule has 1 saturated heterocycles. The summed E-state index contributed by atoms with van der Waals surface area (Å²) in [6.45, 7) is 5.12. The molecule has 0 aliphatic carbocycles. The van der Waals surface area contributed by atoms with Crippen LogP contribution in [0.25, 0.3) is 0 Å². The van der Waals surface area contributed by atoms with Crippen LogP contribution in [0.5, 0.6) is 5.75 Å². The zero-order valence-corrected chi connectivity index (χ0v) is 16.4. The number of hydrogen-bond acceptors (Lipinski definition) is 3. The molecule has 0 saturated carbocycles. The number of nitrogens with zero attached hydrogens (tertiary/aromatic N) is 2. The largest absolute Gasteiger partial charge is 0.484 e. The Morgan fingerprint density at radius 2 is 1.80 bits per heavy atom. The van der Waals surface area contributed by atoms with Gasteiger partial charge in [0.1, 0.15) is 5.75 Å². The number of carbonyl (C=O) groups excluding carboxylic acids is 1. The average Bonchev–Trinajstić information content (AvgIpc) is 2.63. The fourth-order valence-corrected chi connectivity index (χ4v) is 3.32. The highest BCUT2D eigenvalue weighted by Crippen LogP contribution is 2.25. The Balaban J connectivity index is 1.52. The number of amides is 1. The first-order valence-electron chi connectivity index (χ1n) is 8.20. The lowest BCUT2D eigenvalue weighted by molar-refractivity contribution is -0.133. The van der Waals surface area contributed by atoms with E-state index in [1.165, 1.54) is 5.56 Å². The maximum atomic E-state index is 12.4. The Morgan fingerprint density at radius 1 is 1.12 bits per heavy atom. The molecule has 6 heteroatoms. The zero-order chi connectivity index (χ0) is 17.8. The second-order valence-electron chi connectivity index (χ2n) is 6.04. The number of carbonyl (C=O) groups is 1. The van der Waals surface area contributed by atoms with E-state index in [9.17, 15) is 4.79 Å². The minimum atomic E-state index is 0.0189. The van der Waals surface area contributed by atoms with Gasteiger partial charge in [-0.15, -0.1) is 0 Å². The fraction of sp³-hybridized carbons (Fsp3) is 0.316. The molecule has 0 spiro atoms. The van der Waals surface area contributed by atoms with Crippen LogP contribution in [0.1, 0.15) is 5.56 Å². The molecule has 4 nitrogen and oxygen atoms in total. The Labute approximate surface area is 161 Å². The van der Waals surface area contributed by atoms with Crippen molar-refractivity contribution in [3.8, 4) is 5.75 Å². The van der Waals surface area contributed by atoms with Crippen LogP contribution in [0.3, 0.4) is 0 Å².